The first-order valence-corrected chi connectivity index (χ1v) is 5.43. The van der Waals surface area contributed by atoms with Crippen LogP contribution in [0.1, 0.15) is 32.6 Å². The fourth-order valence-corrected chi connectivity index (χ4v) is 1.46. The van der Waals surface area contributed by atoms with Crippen LogP contribution in [0.15, 0.2) is 12.4 Å². The highest BCUT2D eigenvalue weighted by Gasteiger charge is 2.08. The third kappa shape index (κ3) is 4.01. The Kier molecular flexibility index (Phi) is 4.78. The van der Waals surface area contributed by atoms with Crippen molar-refractivity contribution in [3.63, 3.8) is 0 Å². The molecule has 0 radical (unpaired) electrons. The highest BCUT2D eigenvalue weighted by molar-refractivity contribution is 4.96. The first kappa shape index (κ1) is 12.2. The fraction of sp³-hybridized carbons (Fsp3) is 0.727. The van der Waals surface area contributed by atoms with E-state index in [1.165, 1.54) is 0 Å². The Labute approximate surface area is 91.7 Å². The maximum absolute atomic E-state index is 5.45. The molecular weight excluding hydrogens is 190 g/mol. The van der Waals surface area contributed by atoms with E-state index in [-0.39, 0.29) is 6.04 Å². The zero-order valence-electron chi connectivity index (χ0n) is 10.0. The van der Waals surface area contributed by atoms with Crippen LogP contribution < -0.4 is 5.32 Å². The maximum Gasteiger partial charge on any atom is 0.125 e. The topological polar surface area (TPSA) is 39.1 Å². The maximum atomic E-state index is 5.45. The van der Waals surface area contributed by atoms with Crippen molar-refractivity contribution in [1.82, 2.24) is 14.9 Å². The predicted molar refractivity (Wildman–Crippen MR) is 60.7 cm³/mol. The predicted octanol–water partition coefficient (Wildman–Crippen LogP) is 1.50. The average molecular weight is 211 g/mol. The van der Waals surface area contributed by atoms with Gasteiger partial charge in [0.1, 0.15) is 5.82 Å². The standard InChI is InChI=1S/C11H21N3O/c1-9(2)15-8-6-12-10(3)11-13-5-7-14(11)4/h5,7,9-10,12H,6,8H2,1-4H3. The number of aryl methyl sites for hydroxylation is 1. The third-order valence-electron chi connectivity index (χ3n) is 2.25. The first-order chi connectivity index (χ1) is 7.11. The minimum atomic E-state index is 0.265. The quantitative estimate of drug-likeness (QED) is 0.725. The number of hydrogen-bond donors (Lipinski definition) is 1. The fourth-order valence-electron chi connectivity index (χ4n) is 1.46. The summed E-state index contributed by atoms with van der Waals surface area (Å²) in [7, 11) is 2.01. The van der Waals surface area contributed by atoms with E-state index in [0.29, 0.717) is 6.10 Å². The zero-order chi connectivity index (χ0) is 11.3. The number of nitrogens with zero attached hydrogens (tertiary/aromatic N) is 2. The van der Waals surface area contributed by atoms with Crippen LogP contribution in [0.2, 0.25) is 0 Å². The summed E-state index contributed by atoms with van der Waals surface area (Å²) >= 11 is 0. The van der Waals surface area contributed by atoms with Crippen LogP contribution >= 0.6 is 0 Å². The Morgan fingerprint density at radius 2 is 2.20 bits per heavy atom. The van der Waals surface area contributed by atoms with Gasteiger partial charge in [0.05, 0.1) is 18.8 Å². The van der Waals surface area contributed by atoms with E-state index in [4.69, 9.17) is 4.74 Å². The minimum absolute atomic E-state index is 0.265. The molecule has 1 aromatic rings. The molecule has 0 spiro atoms. The number of ether oxygens (including phenoxy) is 1. The van der Waals surface area contributed by atoms with Gasteiger partial charge >= 0.3 is 0 Å². The summed E-state index contributed by atoms with van der Waals surface area (Å²) in [5.41, 5.74) is 0. The smallest absolute Gasteiger partial charge is 0.125 e. The second-order valence-corrected chi connectivity index (χ2v) is 3.99. The molecule has 4 nitrogen and oxygen atoms in total. The summed E-state index contributed by atoms with van der Waals surface area (Å²) in [5.74, 6) is 1.06. The molecule has 15 heavy (non-hydrogen) atoms. The lowest BCUT2D eigenvalue weighted by atomic mass is 10.3. The lowest BCUT2D eigenvalue weighted by Crippen LogP contribution is -2.26. The molecule has 1 atom stereocenters. The van der Waals surface area contributed by atoms with Gasteiger partial charge in [0.25, 0.3) is 0 Å². The van der Waals surface area contributed by atoms with Gasteiger partial charge in [-0.05, 0) is 20.8 Å². The summed E-state index contributed by atoms with van der Waals surface area (Å²) in [5, 5.41) is 3.37. The van der Waals surface area contributed by atoms with Crippen molar-refractivity contribution < 1.29 is 4.74 Å². The van der Waals surface area contributed by atoms with E-state index >= 15 is 0 Å². The first-order valence-electron chi connectivity index (χ1n) is 5.43. The van der Waals surface area contributed by atoms with E-state index in [1.807, 2.05) is 37.9 Å². The Morgan fingerprint density at radius 3 is 2.73 bits per heavy atom. The normalized spacial score (nSPS) is 13.4. The van der Waals surface area contributed by atoms with Gasteiger partial charge in [-0.3, -0.25) is 0 Å². The highest BCUT2D eigenvalue weighted by Crippen LogP contribution is 2.07. The molecule has 0 aliphatic rings. The zero-order valence-corrected chi connectivity index (χ0v) is 10.0. The number of imidazole rings is 1. The third-order valence-corrected chi connectivity index (χ3v) is 2.25. The number of aromatic nitrogens is 2. The average Bonchev–Trinajstić information content (AvgIpc) is 2.58. The summed E-state index contributed by atoms with van der Waals surface area (Å²) in [6.45, 7) is 7.79. The van der Waals surface area contributed by atoms with E-state index in [1.54, 1.807) is 0 Å². The molecule has 86 valence electrons. The van der Waals surface area contributed by atoms with E-state index in [9.17, 15) is 0 Å². The number of nitrogens with one attached hydrogen (secondary N) is 1. The van der Waals surface area contributed by atoms with Gasteiger partial charge in [0, 0.05) is 26.0 Å². The summed E-state index contributed by atoms with van der Waals surface area (Å²) < 4.78 is 7.48. The minimum Gasteiger partial charge on any atom is -0.377 e. The van der Waals surface area contributed by atoms with Crippen LogP contribution in [0.3, 0.4) is 0 Å². The van der Waals surface area contributed by atoms with Crippen LogP contribution in [0.4, 0.5) is 0 Å². The molecule has 0 fully saturated rings. The van der Waals surface area contributed by atoms with Crippen molar-refractivity contribution in [2.24, 2.45) is 7.05 Å². The van der Waals surface area contributed by atoms with Crippen molar-refractivity contribution in [1.29, 1.82) is 0 Å². The van der Waals surface area contributed by atoms with E-state index in [2.05, 4.69) is 17.2 Å². The van der Waals surface area contributed by atoms with E-state index in [0.717, 1.165) is 19.0 Å². The molecule has 0 saturated heterocycles. The molecular formula is C11H21N3O. The van der Waals surface area contributed by atoms with Crippen molar-refractivity contribution >= 4 is 0 Å². The van der Waals surface area contributed by atoms with Crippen LogP contribution in [-0.4, -0.2) is 28.8 Å². The number of rotatable bonds is 6. The van der Waals surface area contributed by atoms with Gasteiger partial charge in [-0.1, -0.05) is 0 Å². The molecule has 1 unspecified atom stereocenters. The Morgan fingerprint density at radius 1 is 1.47 bits per heavy atom. The lowest BCUT2D eigenvalue weighted by Gasteiger charge is -2.14. The molecule has 4 heteroatoms. The van der Waals surface area contributed by atoms with Crippen molar-refractivity contribution in [2.45, 2.75) is 32.9 Å². The molecule has 0 aromatic carbocycles. The van der Waals surface area contributed by atoms with Crippen LogP contribution in [0.5, 0.6) is 0 Å². The molecule has 1 N–H and O–H groups in total. The molecule has 1 heterocycles. The van der Waals surface area contributed by atoms with Crippen LogP contribution in [-0.2, 0) is 11.8 Å². The summed E-state index contributed by atoms with van der Waals surface area (Å²) in [6, 6.07) is 0.265. The van der Waals surface area contributed by atoms with Crippen molar-refractivity contribution in [2.75, 3.05) is 13.2 Å². The van der Waals surface area contributed by atoms with Crippen molar-refractivity contribution in [3.05, 3.63) is 18.2 Å². The van der Waals surface area contributed by atoms with Gasteiger partial charge in [0.2, 0.25) is 0 Å². The molecule has 0 bridgehead atoms. The Hall–Kier alpha value is -0.870. The number of hydrogen-bond acceptors (Lipinski definition) is 3. The van der Waals surface area contributed by atoms with Gasteiger partial charge in [0.15, 0.2) is 0 Å². The van der Waals surface area contributed by atoms with Gasteiger partial charge in [-0.25, -0.2) is 4.98 Å². The molecule has 0 aliphatic heterocycles. The van der Waals surface area contributed by atoms with Crippen LogP contribution in [0, 0.1) is 0 Å². The lowest BCUT2D eigenvalue weighted by molar-refractivity contribution is 0.0794. The second kappa shape index (κ2) is 5.88. The largest absolute Gasteiger partial charge is 0.377 e. The van der Waals surface area contributed by atoms with Gasteiger partial charge in [-0.15, -0.1) is 0 Å². The SMILES string of the molecule is CC(C)OCCNC(C)c1nccn1C. The monoisotopic (exact) mass is 211 g/mol. The second-order valence-electron chi connectivity index (χ2n) is 3.99. The Balaban J connectivity index is 2.25. The van der Waals surface area contributed by atoms with Crippen LogP contribution in [0.25, 0.3) is 0 Å². The molecule has 0 amide bonds. The van der Waals surface area contributed by atoms with E-state index < -0.39 is 0 Å². The summed E-state index contributed by atoms with van der Waals surface area (Å²) in [4.78, 5) is 4.29. The van der Waals surface area contributed by atoms with Crippen molar-refractivity contribution in [3.8, 4) is 0 Å². The molecule has 1 rings (SSSR count). The molecule has 0 aliphatic carbocycles. The van der Waals surface area contributed by atoms with Gasteiger partial charge < -0.3 is 14.6 Å². The molecule has 1 aromatic heterocycles. The summed E-state index contributed by atoms with van der Waals surface area (Å²) in [6.07, 6.45) is 4.08. The molecule has 0 saturated carbocycles. The van der Waals surface area contributed by atoms with Gasteiger partial charge in [-0.2, -0.15) is 0 Å². The Bertz CT molecular complexity index is 283. The highest BCUT2D eigenvalue weighted by atomic mass is 16.5.